The molecule has 0 saturated heterocycles. The van der Waals surface area contributed by atoms with E-state index in [9.17, 15) is 0 Å². The topological polar surface area (TPSA) is 12.5 Å². The highest BCUT2D eigenvalue weighted by Gasteiger charge is 2.13. The van der Waals surface area contributed by atoms with Gasteiger partial charge in [-0.15, -0.1) is 0 Å². The number of rotatable bonds is 9. The molecule has 0 saturated carbocycles. The molecule has 2 rings (SSSR count). The molecule has 0 spiro atoms. The Morgan fingerprint density at radius 1 is 0.929 bits per heavy atom. The highest BCUT2D eigenvalue weighted by Crippen LogP contribution is 2.33. The van der Waals surface area contributed by atoms with Crippen LogP contribution in [0, 0.1) is 0 Å². The molecule has 2 aromatic rings. The quantitative estimate of drug-likeness (QED) is 0.473. The van der Waals surface area contributed by atoms with Crippen LogP contribution in [0.15, 0.2) is 84.0 Å². The molecule has 0 aliphatic carbocycles. The number of nitrogens with zero attached hydrogens (tertiary/aromatic N) is 1. The van der Waals surface area contributed by atoms with E-state index in [4.69, 9.17) is 4.74 Å². The second-order valence-corrected chi connectivity index (χ2v) is 6.99. The predicted octanol–water partition coefficient (Wildman–Crippen LogP) is 6.36. The summed E-state index contributed by atoms with van der Waals surface area (Å²) in [4.78, 5) is 2.12. The van der Waals surface area contributed by atoms with Gasteiger partial charge < -0.3 is 9.64 Å². The van der Waals surface area contributed by atoms with Crippen molar-refractivity contribution < 1.29 is 4.74 Å². The van der Waals surface area contributed by atoms with Gasteiger partial charge in [-0.2, -0.15) is 0 Å². The van der Waals surface area contributed by atoms with Crippen molar-refractivity contribution in [2.24, 2.45) is 0 Å². The monoisotopic (exact) mass is 375 g/mol. The summed E-state index contributed by atoms with van der Waals surface area (Å²) < 4.78 is 5.87. The average molecular weight is 376 g/mol. The molecule has 0 bridgehead atoms. The molecule has 0 aliphatic heterocycles. The largest absolute Gasteiger partial charge is 0.492 e. The molecule has 0 unspecified atom stereocenters. The molecule has 0 radical (unpaired) electrons. The van der Waals surface area contributed by atoms with Crippen LogP contribution in [-0.2, 0) is 0 Å². The van der Waals surface area contributed by atoms with Crippen molar-refractivity contribution in [1.29, 1.82) is 0 Å². The fourth-order valence-corrected chi connectivity index (χ4v) is 3.26. The summed E-state index contributed by atoms with van der Waals surface area (Å²) in [5.74, 6) is 0.913. The first kappa shape index (κ1) is 21.7. The van der Waals surface area contributed by atoms with Gasteiger partial charge in [-0.25, -0.2) is 0 Å². The van der Waals surface area contributed by atoms with Crippen molar-refractivity contribution in [2.75, 3.05) is 27.2 Å². The van der Waals surface area contributed by atoms with Crippen molar-refractivity contribution in [3.05, 3.63) is 95.1 Å². The van der Waals surface area contributed by atoms with E-state index in [1.165, 1.54) is 27.8 Å². The van der Waals surface area contributed by atoms with E-state index in [0.29, 0.717) is 6.61 Å². The lowest BCUT2D eigenvalue weighted by atomic mass is 9.88. The van der Waals surface area contributed by atoms with Gasteiger partial charge in [0.05, 0.1) is 0 Å². The van der Waals surface area contributed by atoms with Gasteiger partial charge in [0.1, 0.15) is 12.4 Å². The molecule has 0 aromatic heterocycles. The zero-order valence-electron chi connectivity index (χ0n) is 17.9. The molecule has 28 heavy (non-hydrogen) atoms. The summed E-state index contributed by atoms with van der Waals surface area (Å²) in [6, 6.07) is 19.1. The molecule has 0 fully saturated rings. The first-order valence-electron chi connectivity index (χ1n) is 10.1. The zero-order chi connectivity index (χ0) is 20.4. The molecule has 0 heterocycles. The highest BCUT2D eigenvalue weighted by molar-refractivity contribution is 5.85. The van der Waals surface area contributed by atoms with Crippen molar-refractivity contribution in [3.8, 4) is 5.75 Å². The highest BCUT2D eigenvalue weighted by atomic mass is 16.5. The van der Waals surface area contributed by atoms with Crippen LogP contribution in [0.5, 0.6) is 5.75 Å². The Balaban J connectivity index is 2.47. The Labute approximate surface area is 170 Å². The van der Waals surface area contributed by atoms with E-state index in [1.807, 2.05) is 0 Å². The van der Waals surface area contributed by atoms with Crippen LogP contribution in [0.4, 0.5) is 0 Å². The maximum Gasteiger partial charge on any atom is 0.119 e. The lowest BCUT2D eigenvalue weighted by molar-refractivity contribution is 0.261. The maximum absolute atomic E-state index is 5.87. The number of allylic oxidation sites excluding steroid dienone is 5. The van der Waals surface area contributed by atoms with Crippen LogP contribution in [0.2, 0.25) is 0 Å². The molecular formula is C26H33NO. The lowest BCUT2D eigenvalue weighted by Crippen LogP contribution is -2.19. The third-order valence-electron chi connectivity index (χ3n) is 4.67. The SMILES string of the molecule is C\C=C/C(=C\C)C(/CC)=C(/c1ccccc1)c1ccc(OCCN(C)C)cc1. The van der Waals surface area contributed by atoms with Crippen LogP contribution in [0.25, 0.3) is 5.57 Å². The normalized spacial score (nSPS) is 13.1. The van der Waals surface area contributed by atoms with Crippen LogP contribution in [-0.4, -0.2) is 32.1 Å². The second-order valence-electron chi connectivity index (χ2n) is 6.99. The fraction of sp³-hybridized carbons (Fsp3) is 0.308. The van der Waals surface area contributed by atoms with E-state index >= 15 is 0 Å². The summed E-state index contributed by atoms with van der Waals surface area (Å²) in [5.41, 5.74) is 6.37. The molecule has 2 aromatic carbocycles. The van der Waals surface area contributed by atoms with Crippen LogP contribution in [0.3, 0.4) is 0 Å². The third kappa shape index (κ3) is 5.97. The van der Waals surface area contributed by atoms with E-state index in [1.54, 1.807) is 0 Å². The van der Waals surface area contributed by atoms with Crippen molar-refractivity contribution in [3.63, 3.8) is 0 Å². The first-order chi connectivity index (χ1) is 13.6. The zero-order valence-corrected chi connectivity index (χ0v) is 17.9. The smallest absolute Gasteiger partial charge is 0.119 e. The van der Waals surface area contributed by atoms with E-state index in [2.05, 4.69) is 113 Å². The van der Waals surface area contributed by atoms with Crippen molar-refractivity contribution >= 4 is 5.57 Å². The number of likely N-dealkylation sites (N-methyl/N-ethyl adjacent to an activating group) is 1. The maximum atomic E-state index is 5.87. The number of hydrogen-bond acceptors (Lipinski definition) is 2. The van der Waals surface area contributed by atoms with Gasteiger partial charge in [0.25, 0.3) is 0 Å². The van der Waals surface area contributed by atoms with Gasteiger partial charge in [-0.3, -0.25) is 0 Å². The molecule has 148 valence electrons. The Kier molecular flexibility index (Phi) is 8.77. The van der Waals surface area contributed by atoms with Crippen LogP contribution in [0.1, 0.15) is 38.3 Å². The lowest BCUT2D eigenvalue weighted by Gasteiger charge is -2.17. The molecule has 0 N–H and O–H groups in total. The van der Waals surface area contributed by atoms with Crippen molar-refractivity contribution in [1.82, 2.24) is 4.90 Å². The summed E-state index contributed by atoms with van der Waals surface area (Å²) >= 11 is 0. The minimum atomic E-state index is 0.692. The van der Waals surface area contributed by atoms with Gasteiger partial charge in [0.15, 0.2) is 0 Å². The molecule has 2 nitrogen and oxygen atoms in total. The summed E-state index contributed by atoms with van der Waals surface area (Å²) in [5, 5.41) is 0. The third-order valence-corrected chi connectivity index (χ3v) is 4.67. The van der Waals surface area contributed by atoms with E-state index < -0.39 is 0 Å². The number of ether oxygens (including phenoxy) is 1. The number of hydrogen-bond donors (Lipinski definition) is 0. The Hall–Kier alpha value is -2.58. The van der Waals surface area contributed by atoms with E-state index in [0.717, 1.165) is 18.7 Å². The molecule has 0 aliphatic rings. The van der Waals surface area contributed by atoms with Gasteiger partial charge >= 0.3 is 0 Å². The van der Waals surface area contributed by atoms with Crippen LogP contribution >= 0.6 is 0 Å². The molecule has 0 amide bonds. The molecule has 2 heteroatoms. The van der Waals surface area contributed by atoms with Crippen molar-refractivity contribution in [2.45, 2.75) is 27.2 Å². The summed E-state index contributed by atoms with van der Waals surface area (Å²) in [6.07, 6.45) is 7.46. The van der Waals surface area contributed by atoms with Gasteiger partial charge in [-0.05, 0) is 74.3 Å². The summed E-state index contributed by atoms with van der Waals surface area (Å²) in [7, 11) is 4.11. The fourth-order valence-electron chi connectivity index (χ4n) is 3.26. The average Bonchev–Trinajstić information content (AvgIpc) is 2.71. The Morgan fingerprint density at radius 3 is 2.11 bits per heavy atom. The molecular weight excluding hydrogens is 342 g/mol. The second kappa shape index (κ2) is 11.3. The van der Waals surface area contributed by atoms with Gasteiger partial charge in [0, 0.05) is 6.54 Å². The van der Waals surface area contributed by atoms with E-state index in [-0.39, 0.29) is 0 Å². The standard InChI is InChI=1S/C26H33NO/c1-6-12-21(7-2)25(8-3)26(22-13-10-9-11-14-22)23-15-17-24(18-16-23)28-20-19-27(4)5/h6-7,9-18H,8,19-20H2,1-5H3/b12-6-,21-7+,26-25-. The number of benzene rings is 2. The minimum absolute atomic E-state index is 0.692. The Morgan fingerprint density at radius 2 is 1.57 bits per heavy atom. The summed E-state index contributed by atoms with van der Waals surface area (Å²) in [6.45, 7) is 8.00. The van der Waals surface area contributed by atoms with Gasteiger partial charge in [0.2, 0.25) is 0 Å². The minimum Gasteiger partial charge on any atom is -0.492 e. The van der Waals surface area contributed by atoms with Gasteiger partial charge in [-0.1, -0.05) is 67.6 Å². The van der Waals surface area contributed by atoms with Crippen LogP contribution < -0.4 is 4.74 Å². The predicted molar refractivity (Wildman–Crippen MR) is 122 cm³/mol. The Bertz CT molecular complexity index is 811. The first-order valence-corrected chi connectivity index (χ1v) is 10.1. The molecule has 0 atom stereocenters.